The average molecular weight is 245 g/mol. The van der Waals surface area contributed by atoms with E-state index in [1.54, 1.807) is 0 Å². The molecule has 0 saturated carbocycles. The Morgan fingerprint density at radius 1 is 1.44 bits per heavy atom. The van der Waals surface area contributed by atoms with Crippen LogP contribution in [0.15, 0.2) is 24.3 Å². The van der Waals surface area contributed by atoms with Crippen LogP contribution in [0.2, 0.25) is 0 Å². The number of nitro groups is 1. The molecule has 3 N–H and O–H groups in total. The van der Waals surface area contributed by atoms with Crippen molar-refractivity contribution in [3.63, 3.8) is 0 Å². The fourth-order valence-corrected chi connectivity index (χ4v) is 1.72. The summed E-state index contributed by atoms with van der Waals surface area (Å²) in [6, 6.07) is 5.35. The standard InChI is InChI=1S/C8H11N3O4S/c9-5-6-10(16(14)15)7-1-3-8(4-2-7)11(12)13/h1-4H,5-6,9H2,(H,14,15). The van der Waals surface area contributed by atoms with Gasteiger partial charge in [-0.1, -0.05) is 0 Å². The minimum Gasteiger partial charge on any atom is -0.329 e. The van der Waals surface area contributed by atoms with Gasteiger partial charge in [0.15, 0.2) is 0 Å². The largest absolute Gasteiger partial charge is 0.329 e. The molecule has 8 heteroatoms. The third-order valence-corrected chi connectivity index (χ3v) is 2.64. The van der Waals surface area contributed by atoms with Gasteiger partial charge in [0.2, 0.25) is 0 Å². The van der Waals surface area contributed by atoms with Crippen LogP contribution in [0.4, 0.5) is 11.4 Å². The number of nitrogens with two attached hydrogens (primary N) is 1. The van der Waals surface area contributed by atoms with Gasteiger partial charge in [0, 0.05) is 25.2 Å². The second-order valence-electron chi connectivity index (χ2n) is 2.90. The van der Waals surface area contributed by atoms with Gasteiger partial charge in [-0.15, -0.1) is 0 Å². The normalized spacial score (nSPS) is 12.1. The van der Waals surface area contributed by atoms with Crippen molar-refractivity contribution in [2.24, 2.45) is 5.73 Å². The number of non-ortho nitro benzene ring substituents is 1. The highest BCUT2D eigenvalue weighted by Crippen LogP contribution is 2.19. The van der Waals surface area contributed by atoms with Gasteiger partial charge in [-0.3, -0.25) is 19.0 Å². The highest BCUT2D eigenvalue weighted by molar-refractivity contribution is 7.80. The lowest BCUT2D eigenvalue weighted by molar-refractivity contribution is -0.384. The number of hydrogen-bond acceptors (Lipinski definition) is 4. The van der Waals surface area contributed by atoms with E-state index in [-0.39, 0.29) is 18.8 Å². The molecule has 0 aromatic heterocycles. The van der Waals surface area contributed by atoms with Crippen molar-refractivity contribution in [2.45, 2.75) is 0 Å². The van der Waals surface area contributed by atoms with Gasteiger partial charge in [-0.2, -0.15) is 0 Å². The summed E-state index contributed by atoms with van der Waals surface area (Å²) in [5, 5.41) is 10.4. The van der Waals surface area contributed by atoms with E-state index in [2.05, 4.69) is 0 Å². The van der Waals surface area contributed by atoms with E-state index in [4.69, 9.17) is 10.3 Å². The molecule has 0 radical (unpaired) electrons. The molecule has 0 heterocycles. The van der Waals surface area contributed by atoms with Crippen LogP contribution >= 0.6 is 0 Å². The molecule has 1 aromatic rings. The molecular formula is C8H11N3O4S. The Bertz CT molecular complexity index is 395. The molecule has 0 saturated heterocycles. The summed E-state index contributed by atoms with van der Waals surface area (Å²) in [6.45, 7) is 0.407. The minimum absolute atomic E-state index is 0.0693. The lowest BCUT2D eigenvalue weighted by Crippen LogP contribution is -2.30. The van der Waals surface area contributed by atoms with Crippen molar-refractivity contribution >= 4 is 22.6 Å². The summed E-state index contributed by atoms with van der Waals surface area (Å²) in [4.78, 5) is 9.87. The number of anilines is 1. The fraction of sp³-hybridized carbons (Fsp3) is 0.250. The van der Waals surface area contributed by atoms with Gasteiger partial charge in [-0.05, 0) is 12.1 Å². The molecule has 0 spiro atoms. The van der Waals surface area contributed by atoms with Crippen LogP contribution in [0.5, 0.6) is 0 Å². The molecule has 0 aliphatic heterocycles. The molecule has 1 aromatic carbocycles. The van der Waals surface area contributed by atoms with Gasteiger partial charge in [0.1, 0.15) is 0 Å². The van der Waals surface area contributed by atoms with Gasteiger partial charge in [-0.25, -0.2) is 4.21 Å². The van der Waals surface area contributed by atoms with Crippen LogP contribution in [-0.2, 0) is 11.3 Å². The summed E-state index contributed by atoms with van der Waals surface area (Å²) in [6.07, 6.45) is 0. The first-order valence-electron chi connectivity index (χ1n) is 4.39. The van der Waals surface area contributed by atoms with Gasteiger partial charge in [0.25, 0.3) is 17.0 Å². The van der Waals surface area contributed by atoms with Crippen molar-refractivity contribution in [3.05, 3.63) is 34.4 Å². The second-order valence-corrected chi connectivity index (χ2v) is 3.80. The molecule has 0 amide bonds. The predicted molar refractivity (Wildman–Crippen MR) is 60.3 cm³/mol. The van der Waals surface area contributed by atoms with Crippen LogP contribution in [0.25, 0.3) is 0 Å². The maximum Gasteiger partial charge on any atom is 0.269 e. The Kier molecular flexibility index (Phi) is 4.35. The zero-order chi connectivity index (χ0) is 12.1. The van der Waals surface area contributed by atoms with Gasteiger partial charge >= 0.3 is 0 Å². The molecule has 1 atom stereocenters. The first-order chi connectivity index (χ1) is 7.56. The molecule has 1 rings (SSSR count). The predicted octanol–water partition coefficient (Wildman–Crippen LogP) is 0.497. The molecule has 0 aliphatic rings. The van der Waals surface area contributed by atoms with Crippen LogP contribution in [-0.4, -0.2) is 26.8 Å². The Hall–Kier alpha value is -1.51. The van der Waals surface area contributed by atoms with Crippen molar-refractivity contribution < 1.29 is 13.7 Å². The van der Waals surface area contributed by atoms with Crippen LogP contribution in [0.3, 0.4) is 0 Å². The maximum absolute atomic E-state index is 11.0. The molecule has 1 unspecified atom stereocenters. The molecular weight excluding hydrogens is 234 g/mol. The molecule has 0 fully saturated rings. The highest BCUT2D eigenvalue weighted by Gasteiger charge is 2.12. The van der Waals surface area contributed by atoms with Crippen molar-refractivity contribution in [1.29, 1.82) is 0 Å². The van der Waals surface area contributed by atoms with Crippen molar-refractivity contribution in [2.75, 3.05) is 17.4 Å². The second kappa shape index (κ2) is 5.54. The summed E-state index contributed by atoms with van der Waals surface area (Å²) in [7, 11) is 0. The van der Waals surface area contributed by atoms with Crippen LogP contribution < -0.4 is 10.0 Å². The molecule has 16 heavy (non-hydrogen) atoms. The van der Waals surface area contributed by atoms with Gasteiger partial charge < -0.3 is 5.73 Å². The third-order valence-electron chi connectivity index (χ3n) is 1.87. The highest BCUT2D eigenvalue weighted by atomic mass is 32.2. The monoisotopic (exact) mass is 245 g/mol. The van der Waals surface area contributed by atoms with E-state index in [9.17, 15) is 14.3 Å². The number of rotatable bonds is 5. The Morgan fingerprint density at radius 3 is 2.38 bits per heavy atom. The quantitative estimate of drug-likeness (QED) is 0.446. The van der Waals surface area contributed by atoms with Crippen LogP contribution in [0, 0.1) is 10.1 Å². The molecule has 7 nitrogen and oxygen atoms in total. The first kappa shape index (κ1) is 12.6. The number of nitro benzene ring substituents is 1. The Balaban J connectivity index is 2.94. The first-order valence-corrected chi connectivity index (χ1v) is 5.45. The molecule has 88 valence electrons. The Morgan fingerprint density at radius 2 is 2.00 bits per heavy atom. The van der Waals surface area contributed by atoms with E-state index in [0.717, 1.165) is 4.31 Å². The summed E-state index contributed by atoms with van der Waals surface area (Å²) in [5.41, 5.74) is 5.63. The van der Waals surface area contributed by atoms with E-state index < -0.39 is 16.2 Å². The lowest BCUT2D eigenvalue weighted by atomic mass is 10.3. The number of benzene rings is 1. The van der Waals surface area contributed by atoms with E-state index in [1.165, 1.54) is 24.3 Å². The topological polar surface area (TPSA) is 110 Å². The van der Waals surface area contributed by atoms with E-state index in [0.29, 0.717) is 5.69 Å². The zero-order valence-electron chi connectivity index (χ0n) is 8.28. The van der Waals surface area contributed by atoms with Crippen molar-refractivity contribution in [1.82, 2.24) is 0 Å². The number of hydrogen-bond donors (Lipinski definition) is 2. The average Bonchev–Trinajstić information content (AvgIpc) is 2.25. The van der Waals surface area contributed by atoms with Crippen molar-refractivity contribution in [3.8, 4) is 0 Å². The van der Waals surface area contributed by atoms with E-state index in [1.807, 2.05) is 0 Å². The fourth-order valence-electron chi connectivity index (χ4n) is 1.16. The summed E-state index contributed by atoms with van der Waals surface area (Å²) < 4.78 is 21.1. The maximum atomic E-state index is 11.0. The molecule has 0 bridgehead atoms. The van der Waals surface area contributed by atoms with Gasteiger partial charge in [0.05, 0.1) is 10.6 Å². The summed E-state index contributed by atoms with van der Waals surface area (Å²) in [5.74, 6) is 0. The SMILES string of the molecule is NCCN(c1ccc([N+](=O)[O-])cc1)S(=O)O. The van der Waals surface area contributed by atoms with Crippen LogP contribution in [0.1, 0.15) is 0 Å². The van der Waals surface area contributed by atoms with E-state index >= 15 is 0 Å². The third kappa shape index (κ3) is 2.99. The number of nitrogens with zero attached hydrogens (tertiary/aromatic N) is 2. The minimum atomic E-state index is -2.19. The zero-order valence-corrected chi connectivity index (χ0v) is 9.09. The Labute approximate surface area is 94.4 Å². The molecule has 0 aliphatic carbocycles. The summed E-state index contributed by atoms with van der Waals surface area (Å²) >= 11 is -2.19. The lowest BCUT2D eigenvalue weighted by Gasteiger charge is -2.18. The smallest absolute Gasteiger partial charge is 0.269 e.